The quantitative estimate of drug-likeness (QED) is 0.900. The number of rotatable bonds is 4. The number of nitrogens with two attached hydrogens (primary N) is 1. The van der Waals surface area contributed by atoms with E-state index in [1.165, 1.54) is 11.3 Å². The Morgan fingerprint density at radius 1 is 1.25 bits per heavy atom. The summed E-state index contributed by atoms with van der Waals surface area (Å²) < 4.78 is 0. The molecule has 0 spiro atoms. The van der Waals surface area contributed by atoms with Gasteiger partial charge in [0, 0.05) is 10.6 Å². The standard InChI is InChI=1S/C16H20N2OS/c1-10(2)15(12-7-5-4-6-8-12)18-16(19)14-9-13(17)11(3)20-14/h4-10,15H,17H2,1-3H3,(H,18,19). The van der Waals surface area contributed by atoms with Crippen LogP contribution in [0.3, 0.4) is 0 Å². The highest BCUT2D eigenvalue weighted by molar-refractivity contribution is 7.14. The summed E-state index contributed by atoms with van der Waals surface area (Å²) in [7, 11) is 0. The van der Waals surface area contributed by atoms with E-state index in [2.05, 4.69) is 19.2 Å². The number of carbonyl (C=O) groups excluding carboxylic acids is 1. The van der Waals surface area contributed by atoms with Gasteiger partial charge in [-0.05, 0) is 24.5 Å². The molecule has 0 aliphatic heterocycles. The Kier molecular flexibility index (Phi) is 4.45. The summed E-state index contributed by atoms with van der Waals surface area (Å²) in [6.07, 6.45) is 0. The summed E-state index contributed by atoms with van der Waals surface area (Å²) in [6.45, 7) is 6.13. The molecule has 1 unspecified atom stereocenters. The van der Waals surface area contributed by atoms with Gasteiger partial charge in [-0.1, -0.05) is 44.2 Å². The number of nitrogen functional groups attached to an aromatic ring is 1. The molecule has 20 heavy (non-hydrogen) atoms. The maximum Gasteiger partial charge on any atom is 0.261 e. The summed E-state index contributed by atoms with van der Waals surface area (Å²) in [5, 5.41) is 3.11. The average Bonchev–Trinajstić information content (AvgIpc) is 2.76. The first-order valence-electron chi connectivity index (χ1n) is 6.70. The van der Waals surface area contributed by atoms with Crippen LogP contribution in [0.25, 0.3) is 0 Å². The lowest BCUT2D eigenvalue weighted by Gasteiger charge is -2.22. The number of amides is 1. The molecule has 0 aliphatic carbocycles. The Balaban J connectivity index is 2.19. The van der Waals surface area contributed by atoms with Crippen LogP contribution in [0.4, 0.5) is 5.69 Å². The van der Waals surface area contributed by atoms with Crippen LogP contribution in [-0.4, -0.2) is 5.91 Å². The first kappa shape index (κ1) is 14.6. The highest BCUT2D eigenvalue weighted by Gasteiger charge is 2.20. The maximum absolute atomic E-state index is 12.3. The van der Waals surface area contributed by atoms with E-state index in [-0.39, 0.29) is 11.9 Å². The van der Waals surface area contributed by atoms with Crippen molar-refractivity contribution >= 4 is 22.9 Å². The predicted molar refractivity (Wildman–Crippen MR) is 85.0 cm³/mol. The minimum absolute atomic E-state index is 0.00679. The van der Waals surface area contributed by atoms with Crippen molar-refractivity contribution in [3.63, 3.8) is 0 Å². The van der Waals surface area contributed by atoms with Gasteiger partial charge in [0.25, 0.3) is 5.91 Å². The van der Waals surface area contributed by atoms with Crippen LogP contribution in [0.5, 0.6) is 0 Å². The summed E-state index contributed by atoms with van der Waals surface area (Å²) >= 11 is 1.43. The van der Waals surface area contributed by atoms with Crippen LogP contribution in [-0.2, 0) is 0 Å². The third-order valence-corrected chi connectivity index (χ3v) is 4.36. The number of hydrogen-bond acceptors (Lipinski definition) is 3. The molecule has 4 heteroatoms. The molecule has 106 valence electrons. The Hall–Kier alpha value is -1.81. The lowest BCUT2D eigenvalue weighted by molar-refractivity contribution is 0.0930. The summed E-state index contributed by atoms with van der Waals surface area (Å²) in [4.78, 5) is 14.0. The Morgan fingerprint density at radius 3 is 2.40 bits per heavy atom. The molecular formula is C16H20N2OS. The molecule has 0 radical (unpaired) electrons. The fourth-order valence-electron chi connectivity index (χ4n) is 2.12. The third-order valence-electron chi connectivity index (χ3n) is 3.29. The van der Waals surface area contributed by atoms with E-state index < -0.39 is 0 Å². The van der Waals surface area contributed by atoms with Gasteiger partial charge in [-0.25, -0.2) is 0 Å². The van der Waals surface area contributed by atoms with Gasteiger partial charge in [-0.2, -0.15) is 0 Å². The number of carbonyl (C=O) groups is 1. The highest BCUT2D eigenvalue weighted by atomic mass is 32.1. The zero-order valence-electron chi connectivity index (χ0n) is 12.0. The SMILES string of the molecule is Cc1sc(C(=O)NC(c2ccccc2)C(C)C)cc1N. The van der Waals surface area contributed by atoms with Gasteiger partial charge in [0.2, 0.25) is 0 Å². The minimum Gasteiger partial charge on any atom is -0.398 e. The molecule has 1 amide bonds. The summed E-state index contributed by atoms with van der Waals surface area (Å²) in [6, 6.07) is 11.8. The first-order chi connectivity index (χ1) is 9.49. The van der Waals surface area contributed by atoms with Crippen LogP contribution in [0.1, 0.15) is 40.0 Å². The average molecular weight is 288 g/mol. The smallest absolute Gasteiger partial charge is 0.261 e. The molecule has 1 atom stereocenters. The number of anilines is 1. The minimum atomic E-state index is -0.0580. The van der Waals surface area contributed by atoms with Gasteiger partial charge < -0.3 is 11.1 Å². The van der Waals surface area contributed by atoms with Crippen molar-refractivity contribution in [2.75, 3.05) is 5.73 Å². The van der Waals surface area contributed by atoms with Crippen molar-refractivity contribution in [1.29, 1.82) is 0 Å². The van der Waals surface area contributed by atoms with Gasteiger partial charge in [0.1, 0.15) is 0 Å². The van der Waals surface area contributed by atoms with Crippen LogP contribution in [0.15, 0.2) is 36.4 Å². The third kappa shape index (κ3) is 3.20. The molecule has 2 rings (SSSR count). The molecule has 3 nitrogen and oxygen atoms in total. The van der Waals surface area contributed by atoms with E-state index in [1.54, 1.807) is 6.07 Å². The van der Waals surface area contributed by atoms with Crippen molar-refractivity contribution in [3.8, 4) is 0 Å². The van der Waals surface area contributed by atoms with E-state index in [1.807, 2.05) is 37.3 Å². The van der Waals surface area contributed by atoms with Crippen LogP contribution < -0.4 is 11.1 Å². The molecule has 1 aromatic carbocycles. The number of benzene rings is 1. The van der Waals surface area contributed by atoms with Crippen LogP contribution >= 0.6 is 11.3 Å². The summed E-state index contributed by atoms with van der Waals surface area (Å²) in [5.74, 6) is 0.261. The lowest BCUT2D eigenvalue weighted by Crippen LogP contribution is -2.31. The topological polar surface area (TPSA) is 55.1 Å². The Bertz CT molecular complexity index is 570. The molecular weight excluding hydrogens is 268 g/mol. The van der Waals surface area contributed by atoms with Crippen molar-refractivity contribution in [1.82, 2.24) is 5.32 Å². The molecule has 1 aromatic heterocycles. The number of thiophene rings is 1. The van der Waals surface area contributed by atoms with E-state index in [0.29, 0.717) is 16.5 Å². The molecule has 3 N–H and O–H groups in total. The van der Waals surface area contributed by atoms with Crippen molar-refractivity contribution < 1.29 is 4.79 Å². The number of nitrogens with one attached hydrogen (secondary N) is 1. The van der Waals surface area contributed by atoms with Gasteiger partial charge in [-0.15, -0.1) is 11.3 Å². The second kappa shape index (κ2) is 6.09. The van der Waals surface area contributed by atoms with Gasteiger partial charge in [-0.3, -0.25) is 4.79 Å². The fourth-order valence-corrected chi connectivity index (χ4v) is 2.96. The maximum atomic E-state index is 12.3. The first-order valence-corrected chi connectivity index (χ1v) is 7.52. The van der Waals surface area contributed by atoms with Crippen LogP contribution in [0, 0.1) is 12.8 Å². The van der Waals surface area contributed by atoms with Gasteiger partial charge >= 0.3 is 0 Å². The largest absolute Gasteiger partial charge is 0.398 e. The molecule has 0 saturated carbocycles. The predicted octanol–water partition coefficient (Wildman–Crippen LogP) is 3.77. The number of hydrogen-bond donors (Lipinski definition) is 2. The Labute approximate surface area is 123 Å². The molecule has 1 heterocycles. The van der Waals surface area contributed by atoms with Crippen molar-refractivity contribution in [2.24, 2.45) is 5.92 Å². The zero-order valence-corrected chi connectivity index (χ0v) is 12.8. The summed E-state index contributed by atoms with van der Waals surface area (Å²) in [5.41, 5.74) is 7.61. The van der Waals surface area contributed by atoms with E-state index in [4.69, 9.17) is 5.73 Å². The molecule has 2 aromatic rings. The number of aryl methyl sites for hydroxylation is 1. The van der Waals surface area contributed by atoms with E-state index in [9.17, 15) is 4.79 Å². The van der Waals surface area contributed by atoms with Gasteiger partial charge in [0.05, 0.1) is 10.9 Å². The van der Waals surface area contributed by atoms with Crippen LogP contribution in [0.2, 0.25) is 0 Å². The van der Waals surface area contributed by atoms with Crippen molar-refractivity contribution in [2.45, 2.75) is 26.8 Å². The Morgan fingerprint density at radius 2 is 1.90 bits per heavy atom. The molecule has 0 bridgehead atoms. The van der Waals surface area contributed by atoms with E-state index in [0.717, 1.165) is 10.4 Å². The van der Waals surface area contributed by atoms with Crippen molar-refractivity contribution in [3.05, 3.63) is 51.7 Å². The fraction of sp³-hybridized carbons (Fsp3) is 0.312. The monoisotopic (exact) mass is 288 g/mol. The second-order valence-electron chi connectivity index (χ2n) is 5.23. The molecule has 0 saturated heterocycles. The zero-order chi connectivity index (χ0) is 14.7. The normalized spacial score (nSPS) is 12.4. The second-order valence-corrected chi connectivity index (χ2v) is 6.48. The lowest BCUT2D eigenvalue weighted by atomic mass is 9.96. The molecule has 0 fully saturated rings. The highest BCUT2D eigenvalue weighted by Crippen LogP contribution is 2.26. The molecule has 0 aliphatic rings. The van der Waals surface area contributed by atoms with E-state index >= 15 is 0 Å². The van der Waals surface area contributed by atoms with Gasteiger partial charge in [0.15, 0.2) is 0 Å².